The third-order valence-corrected chi connectivity index (χ3v) is 4.93. The lowest BCUT2D eigenvalue weighted by molar-refractivity contribution is 0.0696. The number of halogens is 1. The summed E-state index contributed by atoms with van der Waals surface area (Å²) in [7, 11) is -3.71. The molecule has 0 spiro atoms. The number of nitrogens with one attached hydrogen (secondary N) is 1. The average molecular weight is 303 g/mol. The highest BCUT2D eigenvalue weighted by molar-refractivity contribution is 7.93. The molecule has 1 fully saturated rings. The van der Waals surface area contributed by atoms with Crippen LogP contribution in [0.15, 0.2) is 18.2 Å². The molecule has 1 aromatic rings. The molecule has 2 rings (SSSR count). The molecule has 1 aliphatic heterocycles. The number of sulfonamides is 1. The summed E-state index contributed by atoms with van der Waals surface area (Å²) in [4.78, 5) is 10.7. The van der Waals surface area contributed by atoms with Crippen LogP contribution in [0.4, 0.5) is 10.1 Å². The van der Waals surface area contributed by atoms with Gasteiger partial charge in [0.1, 0.15) is 5.82 Å². The summed E-state index contributed by atoms with van der Waals surface area (Å²) in [6, 6.07) is 3.03. The fraction of sp³-hybridized carbons (Fsp3) is 0.417. The van der Waals surface area contributed by atoms with E-state index in [1.54, 1.807) is 0 Å². The van der Waals surface area contributed by atoms with Crippen molar-refractivity contribution in [1.82, 2.24) is 0 Å². The van der Waals surface area contributed by atoms with Crippen molar-refractivity contribution < 1.29 is 27.4 Å². The molecule has 1 saturated heterocycles. The molecule has 8 heteroatoms. The van der Waals surface area contributed by atoms with Gasteiger partial charge in [0.05, 0.1) is 16.5 Å². The monoisotopic (exact) mass is 303 g/mol. The number of aromatic carboxylic acids is 1. The second kappa shape index (κ2) is 5.76. The Balaban J connectivity index is 2.18. The minimum atomic E-state index is -3.71. The fourth-order valence-electron chi connectivity index (χ4n) is 1.95. The Hall–Kier alpha value is -1.67. The predicted octanol–water partition coefficient (Wildman–Crippen LogP) is 1.44. The van der Waals surface area contributed by atoms with Gasteiger partial charge >= 0.3 is 5.97 Å². The first-order chi connectivity index (χ1) is 9.40. The first-order valence-corrected chi connectivity index (χ1v) is 7.57. The van der Waals surface area contributed by atoms with Gasteiger partial charge in [-0.05, 0) is 31.0 Å². The molecule has 0 bridgehead atoms. The number of ether oxygens (including phenoxy) is 1. The van der Waals surface area contributed by atoms with Crippen molar-refractivity contribution in [3.63, 3.8) is 0 Å². The summed E-state index contributed by atoms with van der Waals surface area (Å²) in [5, 5.41) is 8.09. The van der Waals surface area contributed by atoms with E-state index in [0.717, 1.165) is 18.2 Å². The number of carboxylic acids is 1. The van der Waals surface area contributed by atoms with Crippen molar-refractivity contribution >= 4 is 21.7 Å². The van der Waals surface area contributed by atoms with Gasteiger partial charge in [0.25, 0.3) is 0 Å². The molecule has 0 amide bonds. The number of hydrogen-bond donors (Lipinski definition) is 2. The van der Waals surface area contributed by atoms with E-state index < -0.39 is 27.1 Å². The van der Waals surface area contributed by atoms with E-state index in [-0.39, 0.29) is 11.3 Å². The smallest absolute Gasteiger partial charge is 0.335 e. The number of hydrogen-bond acceptors (Lipinski definition) is 4. The lowest BCUT2D eigenvalue weighted by Gasteiger charge is -2.22. The van der Waals surface area contributed by atoms with Crippen LogP contribution in [-0.4, -0.2) is 38.0 Å². The van der Waals surface area contributed by atoms with Crippen molar-refractivity contribution in [2.24, 2.45) is 0 Å². The summed E-state index contributed by atoms with van der Waals surface area (Å²) >= 11 is 0. The van der Waals surface area contributed by atoms with Crippen LogP contribution >= 0.6 is 0 Å². The largest absolute Gasteiger partial charge is 0.478 e. The van der Waals surface area contributed by atoms with Crippen LogP contribution in [0.5, 0.6) is 0 Å². The first-order valence-electron chi connectivity index (χ1n) is 6.02. The molecule has 0 radical (unpaired) electrons. The van der Waals surface area contributed by atoms with Gasteiger partial charge in [-0.25, -0.2) is 17.6 Å². The van der Waals surface area contributed by atoms with E-state index in [1.807, 2.05) is 0 Å². The van der Waals surface area contributed by atoms with Crippen LogP contribution < -0.4 is 4.72 Å². The third-order valence-electron chi connectivity index (χ3n) is 3.08. The Morgan fingerprint density at radius 1 is 1.35 bits per heavy atom. The quantitative estimate of drug-likeness (QED) is 0.878. The van der Waals surface area contributed by atoms with E-state index >= 15 is 0 Å². The molecule has 1 aliphatic rings. The van der Waals surface area contributed by atoms with Gasteiger partial charge in [-0.2, -0.15) is 0 Å². The zero-order valence-corrected chi connectivity index (χ0v) is 11.3. The molecule has 0 aliphatic carbocycles. The highest BCUT2D eigenvalue weighted by Gasteiger charge is 2.28. The number of benzene rings is 1. The Morgan fingerprint density at radius 2 is 2.00 bits per heavy atom. The van der Waals surface area contributed by atoms with E-state index in [0.29, 0.717) is 26.1 Å². The van der Waals surface area contributed by atoms with Gasteiger partial charge in [-0.3, -0.25) is 4.72 Å². The molecule has 1 aromatic carbocycles. The molecule has 0 aromatic heterocycles. The number of rotatable bonds is 4. The van der Waals surface area contributed by atoms with Crippen molar-refractivity contribution in [3.05, 3.63) is 29.6 Å². The second-order valence-electron chi connectivity index (χ2n) is 4.46. The fourth-order valence-corrected chi connectivity index (χ4v) is 3.41. The molecule has 1 heterocycles. The van der Waals surface area contributed by atoms with Gasteiger partial charge in [-0.15, -0.1) is 0 Å². The van der Waals surface area contributed by atoms with Gasteiger partial charge < -0.3 is 9.84 Å². The van der Waals surface area contributed by atoms with Crippen LogP contribution in [0.25, 0.3) is 0 Å². The van der Waals surface area contributed by atoms with E-state index in [1.165, 1.54) is 0 Å². The number of carboxylic acid groups (broad SMARTS) is 1. The predicted molar refractivity (Wildman–Crippen MR) is 69.7 cm³/mol. The van der Waals surface area contributed by atoms with Crippen LogP contribution in [0, 0.1) is 5.82 Å². The van der Waals surface area contributed by atoms with Crippen LogP contribution in [0.3, 0.4) is 0 Å². The topological polar surface area (TPSA) is 92.7 Å². The first kappa shape index (κ1) is 14.7. The maximum Gasteiger partial charge on any atom is 0.335 e. The van der Waals surface area contributed by atoms with Crippen molar-refractivity contribution in [3.8, 4) is 0 Å². The Bertz CT molecular complexity index is 610. The summed E-state index contributed by atoms with van der Waals surface area (Å²) in [5.41, 5.74) is -0.488. The second-order valence-corrected chi connectivity index (χ2v) is 6.42. The number of anilines is 1. The van der Waals surface area contributed by atoms with Crippen molar-refractivity contribution in [2.45, 2.75) is 18.1 Å². The SMILES string of the molecule is O=C(O)c1ccc(NS(=O)(=O)C2CCOCC2)c(F)c1. The van der Waals surface area contributed by atoms with E-state index in [9.17, 15) is 17.6 Å². The summed E-state index contributed by atoms with van der Waals surface area (Å²) in [6.45, 7) is 0.706. The van der Waals surface area contributed by atoms with Crippen molar-refractivity contribution in [1.29, 1.82) is 0 Å². The van der Waals surface area contributed by atoms with Gasteiger partial charge in [0, 0.05) is 13.2 Å². The van der Waals surface area contributed by atoms with Gasteiger partial charge in [0.15, 0.2) is 0 Å². The van der Waals surface area contributed by atoms with Crippen LogP contribution in [0.1, 0.15) is 23.2 Å². The molecular weight excluding hydrogens is 289 g/mol. The van der Waals surface area contributed by atoms with E-state index in [4.69, 9.17) is 9.84 Å². The molecule has 0 unspecified atom stereocenters. The standard InChI is InChI=1S/C12H14FNO5S/c13-10-7-8(12(15)16)1-2-11(10)14-20(17,18)9-3-5-19-6-4-9/h1-2,7,9,14H,3-6H2,(H,15,16). The molecule has 2 N–H and O–H groups in total. The Morgan fingerprint density at radius 3 is 2.55 bits per heavy atom. The highest BCUT2D eigenvalue weighted by atomic mass is 32.2. The zero-order valence-electron chi connectivity index (χ0n) is 10.5. The minimum Gasteiger partial charge on any atom is -0.478 e. The van der Waals surface area contributed by atoms with Crippen LogP contribution in [0.2, 0.25) is 0 Å². The Kier molecular flexibility index (Phi) is 4.24. The number of carbonyl (C=O) groups is 1. The molecular formula is C12H14FNO5S. The molecule has 6 nitrogen and oxygen atoms in total. The molecule has 20 heavy (non-hydrogen) atoms. The van der Waals surface area contributed by atoms with Gasteiger partial charge in [0.2, 0.25) is 10.0 Å². The lowest BCUT2D eigenvalue weighted by Crippen LogP contribution is -2.33. The summed E-state index contributed by atoms with van der Waals surface area (Å²) in [5.74, 6) is -2.19. The minimum absolute atomic E-state index is 0.239. The lowest BCUT2D eigenvalue weighted by atomic mass is 10.2. The average Bonchev–Trinajstić information content (AvgIpc) is 2.41. The third kappa shape index (κ3) is 3.26. The molecule has 110 valence electrons. The van der Waals surface area contributed by atoms with Crippen LogP contribution in [-0.2, 0) is 14.8 Å². The molecule has 0 atom stereocenters. The normalized spacial score (nSPS) is 16.9. The van der Waals surface area contributed by atoms with E-state index in [2.05, 4.69) is 4.72 Å². The summed E-state index contributed by atoms with van der Waals surface area (Å²) < 4.78 is 45.1. The van der Waals surface area contributed by atoms with Gasteiger partial charge in [-0.1, -0.05) is 0 Å². The summed E-state index contributed by atoms with van der Waals surface area (Å²) in [6.07, 6.45) is 0.703. The Labute approximate surface area is 115 Å². The van der Waals surface area contributed by atoms with Crippen molar-refractivity contribution in [2.75, 3.05) is 17.9 Å². The maximum absolute atomic E-state index is 13.7. The highest BCUT2D eigenvalue weighted by Crippen LogP contribution is 2.22. The maximum atomic E-state index is 13.7. The molecule has 0 saturated carbocycles. The zero-order chi connectivity index (χ0) is 14.8.